The maximum Gasteiger partial charge on any atom is 0.261 e. The van der Waals surface area contributed by atoms with Crippen molar-refractivity contribution in [3.63, 3.8) is 0 Å². The summed E-state index contributed by atoms with van der Waals surface area (Å²) >= 11 is 6.08. The van der Waals surface area contributed by atoms with Crippen molar-refractivity contribution in [2.75, 3.05) is 12.4 Å². The van der Waals surface area contributed by atoms with E-state index in [0.717, 1.165) is 0 Å². The Bertz CT molecular complexity index is 840. The van der Waals surface area contributed by atoms with Gasteiger partial charge in [0.2, 0.25) is 0 Å². The minimum Gasteiger partial charge on any atom is -0.495 e. The molecule has 0 spiro atoms. The molecule has 0 atom stereocenters. The molecule has 0 aliphatic carbocycles. The van der Waals surface area contributed by atoms with E-state index in [1.165, 1.54) is 6.20 Å². The minimum absolute atomic E-state index is 0.261. The van der Waals surface area contributed by atoms with Crippen LogP contribution in [0.2, 0.25) is 5.02 Å². The van der Waals surface area contributed by atoms with Crippen LogP contribution in [0, 0.1) is 0 Å². The van der Waals surface area contributed by atoms with Gasteiger partial charge >= 0.3 is 0 Å². The first-order chi connectivity index (χ1) is 11.1. The van der Waals surface area contributed by atoms with Crippen molar-refractivity contribution in [1.29, 1.82) is 0 Å². The fourth-order valence-electron chi connectivity index (χ4n) is 2.32. The number of rotatable bonds is 4. The highest BCUT2D eigenvalue weighted by atomic mass is 35.5. The molecule has 23 heavy (non-hydrogen) atoms. The highest BCUT2D eigenvalue weighted by Crippen LogP contribution is 2.27. The Balaban J connectivity index is 1.89. The van der Waals surface area contributed by atoms with Crippen LogP contribution in [0.15, 0.2) is 48.9 Å². The number of ether oxygens (including phenoxy) is 1. The lowest BCUT2D eigenvalue weighted by Gasteiger charge is -2.09. The predicted octanol–water partition coefficient (Wildman–Crippen LogP) is 3.13. The molecular weight excluding hydrogens is 316 g/mol. The highest BCUT2D eigenvalue weighted by molar-refractivity contribution is 6.32. The number of hydrogen-bond donors (Lipinski definition) is 1. The molecule has 3 aromatic rings. The molecule has 118 valence electrons. The van der Waals surface area contributed by atoms with Crippen LogP contribution in [-0.2, 0) is 7.05 Å². The van der Waals surface area contributed by atoms with E-state index in [-0.39, 0.29) is 5.91 Å². The van der Waals surface area contributed by atoms with Crippen molar-refractivity contribution in [2.45, 2.75) is 0 Å². The number of hydrogen-bond acceptors (Lipinski definition) is 3. The second kappa shape index (κ2) is 6.18. The van der Waals surface area contributed by atoms with Crippen molar-refractivity contribution >= 4 is 23.2 Å². The summed E-state index contributed by atoms with van der Waals surface area (Å²) in [5.74, 6) is 0.981. The zero-order valence-electron chi connectivity index (χ0n) is 12.7. The van der Waals surface area contributed by atoms with Gasteiger partial charge in [0.25, 0.3) is 5.91 Å². The van der Waals surface area contributed by atoms with E-state index in [4.69, 9.17) is 16.3 Å². The Morgan fingerprint density at radius 1 is 1.30 bits per heavy atom. The Hall–Kier alpha value is -2.73. The summed E-state index contributed by atoms with van der Waals surface area (Å²) in [5.41, 5.74) is 1.05. The van der Waals surface area contributed by atoms with E-state index in [1.807, 2.05) is 29.1 Å². The molecule has 0 saturated carbocycles. The number of benzene rings is 1. The average molecular weight is 331 g/mol. The fourth-order valence-corrected chi connectivity index (χ4v) is 2.57. The van der Waals surface area contributed by atoms with E-state index in [9.17, 15) is 4.79 Å². The summed E-state index contributed by atoms with van der Waals surface area (Å²) in [6, 6.07) is 8.85. The van der Waals surface area contributed by atoms with Gasteiger partial charge in [-0.2, -0.15) is 5.10 Å². The lowest BCUT2D eigenvalue weighted by atomic mass is 10.2. The van der Waals surface area contributed by atoms with E-state index < -0.39 is 0 Å². The number of nitrogens with zero attached hydrogens (tertiary/aromatic N) is 3. The molecule has 0 aliphatic heterocycles. The smallest absolute Gasteiger partial charge is 0.261 e. The molecule has 2 aromatic heterocycles. The molecule has 0 saturated heterocycles. The van der Waals surface area contributed by atoms with Crippen LogP contribution in [0.5, 0.6) is 5.75 Å². The Labute approximate surface area is 138 Å². The van der Waals surface area contributed by atoms with E-state index >= 15 is 0 Å². The number of nitrogens with one attached hydrogen (secondary N) is 1. The van der Waals surface area contributed by atoms with Gasteiger partial charge in [0, 0.05) is 25.1 Å². The Morgan fingerprint density at radius 3 is 2.70 bits per heavy atom. The molecule has 0 bridgehead atoms. The first-order valence-corrected chi connectivity index (χ1v) is 7.28. The van der Waals surface area contributed by atoms with Gasteiger partial charge in [-0.1, -0.05) is 11.6 Å². The number of methoxy groups -OCH3 is 1. The first-order valence-electron chi connectivity index (χ1n) is 6.90. The van der Waals surface area contributed by atoms with E-state index in [0.29, 0.717) is 27.8 Å². The molecule has 0 unspecified atom stereocenters. The van der Waals surface area contributed by atoms with E-state index in [2.05, 4.69) is 10.4 Å². The predicted molar refractivity (Wildman–Crippen MR) is 88.5 cm³/mol. The topological polar surface area (TPSA) is 61.1 Å². The molecule has 1 amide bonds. The molecule has 3 rings (SSSR count). The summed E-state index contributed by atoms with van der Waals surface area (Å²) in [4.78, 5) is 12.6. The molecule has 1 N–H and O–H groups in total. The molecular formula is C16H15ClN4O2. The second-order valence-electron chi connectivity index (χ2n) is 4.90. The summed E-state index contributed by atoms with van der Waals surface area (Å²) in [6.07, 6.45) is 5.26. The third-order valence-corrected chi connectivity index (χ3v) is 3.71. The van der Waals surface area contributed by atoms with Crippen LogP contribution in [0.1, 0.15) is 10.4 Å². The summed E-state index contributed by atoms with van der Waals surface area (Å²) in [7, 11) is 3.33. The Morgan fingerprint density at radius 2 is 2.04 bits per heavy atom. The van der Waals surface area contributed by atoms with Crippen molar-refractivity contribution in [3.8, 4) is 11.6 Å². The third kappa shape index (κ3) is 2.93. The fraction of sp³-hybridized carbons (Fsp3) is 0.125. The van der Waals surface area contributed by atoms with Crippen LogP contribution in [0.4, 0.5) is 5.69 Å². The van der Waals surface area contributed by atoms with Gasteiger partial charge in [0.1, 0.15) is 17.1 Å². The van der Waals surface area contributed by atoms with Crippen molar-refractivity contribution in [1.82, 2.24) is 14.3 Å². The van der Waals surface area contributed by atoms with Crippen LogP contribution >= 0.6 is 11.6 Å². The van der Waals surface area contributed by atoms with Gasteiger partial charge in [-0.3, -0.25) is 9.48 Å². The number of anilines is 1. The molecule has 0 aliphatic rings. The number of aromatic nitrogens is 3. The lowest BCUT2D eigenvalue weighted by Crippen LogP contribution is -2.15. The highest BCUT2D eigenvalue weighted by Gasteiger charge is 2.17. The van der Waals surface area contributed by atoms with Crippen LogP contribution in [-0.4, -0.2) is 27.4 Å². The Kier molecular flexibility index (Phi) is 4.08. The summed E-state index contributed by atoms with van der Waals surface area (Å²) in [6.45, 7) is 0. The van der Waals surface area contributed by atoms with Crippen molar-refractivity contribution in [2.24, 2.45) is 7.05 Å². The zero-order chi connectivity index (χ0) is 16.4. The molecule has 1 aromatic carbocycles. The summed E-state index contributed by atoms with van der Waals surface area (Å²) < 4.78 is 8.58. The maximum absolute atomic E-state index is 12.6. The molecule has 7 heteroatoms. The van der Waals surface area contributed by atoms with Gasteiger partial charge in [-0.25, -0.2) is 0 Å². The van der Waals surface area contributed by atoms with Gasteiger partial charge in [0.05, 0.1) is 18.3 Å². The number of carbonyl (C=O) groups is 1. The quantitative estimate of drug-likeness (QED) is 0.799. The largest absolute Gasteiger partial charge is 0.495 e. The first kappa shape index (κ1) is 15.2. The zero-order valence-corrected chi connectivity index (χ0v) is 13.4. The second-order valence-corrected chi connectivity index (χ2v) is 5.31. The maximum atomic E-state index is 12.6. The van der Waals surface area contributed by atoms with Gasteiger partial charge in [0.15, 0.2) is 0 Å². The molecule has 0 fully saturated rings. The average Bonchev–Trinajstić information content (AvgIpc) is 3.16. The molecule has 2 heterocycles. The van der Waals surface area contributed by atoms with Gasteiger partial charge in [-0.05, 0) is 30.3 Å². The van der Waals surface area contributed by atoms with Crippen molar-refractivity contribution < 1.29 is 9.53 Å². The molecule has 6 nitrogen and oxygen atoms in total. The van der Waals surface area contributed by atoms with Crippen molar-refractivity contribution in [3.05, 3.63) is 59.5 Å². The monoisotopic (exact) mass is 330 g/mol. The minimum atomic E-state index is -0.261. The lowest BCUT2D eigenvalue weighted by molar-refractivity contribution is 0.102. The number of carbonyl (C=O) groups excluding carboxylic acids is 1. The van der Waals surface area contributed by atoms with E-state index in [1.54, 1.807) is 37.0 Å². The SMILES string of the molecule is COc1ccc(NC(=O)c2cnn(C)c2-n2cccc2)cc1Cl. The van der Waals surface area contributed by atoms with Crippen LogP contribution < -0.4 is 10.1 Å². The third-order valence-electron chi connectivity index (χ3n) is 3.41. The number of amides is 1. The number of aryl methyl sites for hydroxylation is 1. The van der Waals surface area contributed by atoms with Gasteiger partial charge < -0.3 is 14.6 Å². The number of halogens is 1. The summed E-state index contributed by atoms with van der Waals surface area (Å²) in [5, 5.41) is 7.42. The standard InChI is InChI=1S/C16H15ClN4O2/c1-20-16(21-7-3-4-8-21)12(10-18-20)15(22)19-11-5-6-14(23-2)13(17)9-11/h3-10H,1-2H3,(H,19,22). The van der Waals surface area contributed by atoms with Crippen LogP contribution in [0.25, 0.3) is 5.82 Å². The van der Waals surface area contributed by atoms with Gasteiger partial charge in [-0.15, -0.1) is 0 Å². The molecule has 0 radical (unpaired) electrons. The normalized spacial score (nSPS) is 10.6. The van der Waals surface area contributed by atoms with Crippen LogP contribution in [0.3, 0.4) is 0 Å².